The van der Waals surface area contributed by atoms with Crippen LogP contribution in [-0.2, 0) is 21.8 Å². The van der Waals surface area contributed by atoms with Crippen molar-refractivity contribution < 1.29 is 26.6 Å². The second kappa shape index (κ2) is 23.8. The average molecular weight is 533 g/mol. The van der Waals surface area contributed by atoms with Crippen LogP contribution in [0.1, 0.15) is 100 Å². The summed E-state index contributed by atoms with van der Waals surface area (Å²) in [5.41, 5.74) is 0.666. The van der Waals surface area contributed by atoms with E-state index in [0.29, 0.717) is 12.2 Å². The average Bonchev–Trinajstić information content (AvgIpc) is 3.50. The summed E-state index contributed by atoms with van der Waals surface area (Å²) in [7, 11) is 0. The van der Waals surface area contributed by atoms with Crippen molar-refractivity contribution in [2.45, 2.75) is 89.9 Å². The Morgan fingerprint density at radius 2 is 1.00 bits per heavy atom. The van der Waals surface area contributed by atoms with Gasteiger partial charge in [0.05, 0.1) is 6.61 Å². The third-order valence-electron chi connectivity index (χ3n) is 5.22. The first kappa shape index (κ1) is 30.2. The normalized spacial score (nSPS) is 10.1. The maximum Gasteiger partial charge on any atom is 0.281 e. The number of rotatable bonds is 17. The molecule has 2 aromatic rings. The minimum Gasteiger partial charge on any atom is -0.748 e. The van der Waals surface area contributed by atoms with Gasteiger partial charge in [-0.25, -0.2) is 12.1 Å². The number of hydrogen-bond acceptors (Lipinski definition) is 2. The summed E-state index contributed by atoms with van der Waals surface area (Å²) >= 11 is 3.48. The van der Waals surface area contributed by atoms with E-state index in [0.717, 1.165) is 11.8 Å². The van der Waals surface area contributed by atoms with Crippen LogP contribution in [0.15, 0.2) is 54.6 Å². The molecule has 2 rings (SSSR count). The molecule has 31 heavy (non-hydrogen) atoms. The molecule has 0 spiro atoms. The molecule has 182 valence electrons. The fourth-order valence-corrected chi connectivity index (χ4v) is 3.79. The molecular formula is C27H41BrFeO2-6. The summed E-state index contributed by atoms with van der Waals surface area (Å²) in [5.74, 6) is -0.187. The van der Waals surface area contributed by atoms with Gasteiger partial charge in [-0.3, -0.25) is 4.79 Å². The molecule has 0 aliphatic carbocycles. The zero-order valence-corrected chi connectivity index (χ0v) is 21.7. The number of esters is 1. The Bertz CT molecular complexity index is 549. The molecule has 0 unspecified atom stereocenters. The molecule has 0 N–H and O–H groups in total. The quantitative estimate of drug-likeness (QED) is 0.0668. The van der Waals surface area contributed by atoms with Crippen molar-refractivity contribution in [3.8, 4) is 0 Å². The first-order valence-electron chi connectivity index (χ1n) is 12.0. The minimum absolute atomic E-state index is 0. The Labute approximate surface area is 209 Å². The fourth-order valence-electron chi connectivity index (χ4n) is 3.40. The third kappa shape index (κ3) is 19.6. The molecule has 2 nitrogen and oxygen atoms in total. The van der Waals surface area contributed by atoms with Gasteiger partial charge in [-0.1, -0.05) is 98.5 Å². The molecule has 0 fully saturated rings. The SMILES string of the molecule is O=C(OCCCCCCCCCCCCCCCCBr)[c-]1cccc1.[Fe].[cH-]1[cH-][cH-][cH-][cH-]1. The van der Waals surface area contributed by atoms with Crippen molar-refractivity contribution in [2.24, 2.45) is 0 Å². The fraction of sp³-hybridized carbons (Fsp3) is 0.593. The van der Waals surface area contributed by atoms with E-state index in [1.54, 1.807) is 12.1 Å². The first-order chi connectivity index (χ1) is 14.8. The van der Waals surface area contributed by atoms with Gasteiger partial charge in [-0.05, 0) is 12.8 Å². The molecule has 4 heteroatoms. The van der Waals surface area contributed by atoms with Crippen LogP contribution in [0.4, 0.5) is 0 Å². The van der Waals surface area contributed by atoms with E-state index in [-0.39, 0.29) is 23.0 Å². The van der Waals surface area contributed by atoms with Gasteiger partial charge < -0.3 is 35.1 Å². The van der Waals surface area contributed by atoms with Crippen molar-refractivity contribution in [3.63, 3.8) is 0 Å². The number of alkyl halides is 1. The van der Waals surface area contributed by atoms with E-state index in [1.165, 1.54) is 83.5 Å². The third-order valence-corrected chi connectivity index (χ3v) is 5.78. The van der Waals surface area contributed by atoms with Crippen LogP contribution in [-0.4, -0.2) is 17.9 Å². The van der Waals surface area contributed by atoms with Crippen LogP contribution in [0.2, 0.25) is 0 Å². The van der Waals surface area contributed by atoms with Crippen LogP contribution >= 0.6 is 15.9 Å². The smallest absolute Gasteiger partial charge is 0.281 e. The zero-order chi connectivity index (χ0) is 21.5. The molecule has 0 saturated carbocycles. The maximum atomic E-state index is 11.6. The minimum atomic E-state index is -0.187. The van der Waals surface area contributed by atoms with Crippen molar-refractivity contribution >= 4 is 21.9 Å². The van der Waals surface area contributed by atoms with Gasteiger partial charge in [0, 0.05) is 22.4 Å². The van der Waals surface area contributed by atoms with Gasteiger partial charge in [0.2, 0.25) is 0 Å². The second-order valence-electron chi connectivity index (χ2n) is 7.91. The van der Waals surface area contributed by atoms with Gasteiger partial charge in [0.25, 0.3) is 5.97 Å². The van der Waals surface area contributed by atoms with E-state index in [1.807, 2.05) is 42.5 Å². The van der Waals surface area contributed by atoms with Gasteiger partial charge in [-0.15, -0.1) is 0 Å². The van der Waals surface area contributed by atoms with Crippen molar-refractivity contribution in [3.05, 3.63) is 60.2 Å². The van der Waals surface area contributed by atoms with E-state index in [9.17, 15) is 4.79 Å². The summed E-state index contributed by atoms with van der Waals surface area (Å²) in [5, 5.41) is 1.16. The topological polar surface area (TPSA) is 26.3 Å². The Hall–Kier alpha value is -0.831. The van der Waals surface area contributed by atoms with E-state index < -0.39 is 0 Å². The monoisotopic (exact) mass is 532 g/mol. The molecule has 0 aromatic heterocycles. The molecule has 0 aliphatic heterocycles. The van der Waals surface area contributed by atoms with Crippen LogP contribution in [0.5, 0.6) is 0 Å². The number of hydrogen-bond donors (Lipinski definition) is 0. The van der Waals surface area contributed by atoms with Gasteiger partial charge >= 0.3 is 0 Å². The second-order valence-corrected chi connectivity index (χ2v) is 8.70. The number of halogens is 1. The number of carbonyl (C=O) groups excluding carboxylic acids is 1. The number of ether oxygens (including phenoxy) is 1. The molecule has 2 aromatic carbocycles. The summed E-state index contributed by atoms with van der Waals surface area (Å²) in [6, 6.07) is 17.3. The Morgan fingerprint density at radius 1 is 0.645 bits per heavy atom. The van der Waals surface area contributed by atoms with E-state index >= 15 is 0 Å². The van der Waals surface area contributed by atoms with Gasteiger partial charge in [0.1, 0.15) is 0 Å². The predicted molar refractivity (Wildman–Crippen MR) is 133 cm³/mol. The molecule has 0 amide bonds. The van der Waals surface area contributed by atoms with E-state index in [4.69, 9.17) is 4.74 Å². The molecule has 0 heterocycles. The van der Waals surface area contributed by atoms with Crippen LogP contribution in [0, 0.1) is 0 Å². The Balaban J connectivity index is 0.00000131. The number of carbonyl (C=O) groups is 1. The molecule has 0 bridgehead atoms. The summed E-state index contributed by atoms with van der Waals surface area (Å²) in [6.07, 6.45) is 18.7. The van der Waals surface area contributed by atoms with Gasteiger partial charge in [-0.2, -0.15) is 12.1 Å². The first-order valence-corrected chi connectivity index (χ1v) is 13.1. The van der Waals surface area contributed by atoms with Gasteiger partial charge in [0.15, 0.2) is 0 Å². The summed E-state index contributed by atoms with van der Waals surface area (Å²) in [6.45, 7) is 0.555. The Morgan fingerprint density at radius 3 is 1.39 bits per heavy atom. The van der Waals surface area contributed by atoms with Crippen molar-refractivity contribution in [2.75, 3.05) is 11.9 Å². The summed E-state index contributed by atoms with van der Waals surface area (Å²) in [4.78, 5) is 11.6. The zero-order valence-electron chi connectivity index (χ0n) is 19.1. The molecule has 0 radical (unpaired) electrons. The molecule has 0 aliphatic rings. The molecule has 0 atom stereocenters. The van der Waals surface area contributed by atoms with Crippen LogP contribution in [0.25, 0.3) is 0 Å². The van der Waals surface area contributed by atoms with Crippen LogP contribution in [0.3, 0.4) is 0 Å². The van der Waals surface area contributed by atoms with Crippen LogP contribution < -0.4 is 0 Å². The van der Waals surface area contributed by atoms with Crippen molar-refractivity contribution in [1.29, 1.82) is 0 Å². The maximum absolute atomic E-state index is 11.6. The summed E-state index contributed by atoms with van der Waals surface area (Å²) < 4.78 is 5.26. The number of unbranched alkanes of at least 4 members (excludes halogenated alkanes) is 13. The van der Waals surface area contributed by atoms with Crippen molar-refractivity contribution in [1.82, 2.24) is 0 Å². The predicted octanol–water partition coefficient (Wildman–Crippen LogP) is 8.82. The van der Waals surface area contributed by atoms with E-state index in [2.05, 4.69) is 15.9 Å². The molecule has 0 saturated heterocycles. The Kier molecular flexibility index (Phi) is 23.2. The largest absolute Gasteiger partial charge is 0.748 e. The standard InChI is InChI=1S/C22H36BrO2.C5H5.Fe/c23-19-15-11-9-7-5-3-1-2-4-6-8-10-12-16-20-25-22(24)21-17-13-14-18-21;1-2-4-5-3-1;/h13-14,17-18H,1-12,15-16,19-20H2;1-5H;/q-1;-5;. The molecular weight excluding hydrogens is 492 g/mol.